The van der Waals surface area contributed by atoms with Gasteiger partial charge in [0, 0.05) is 43.9 Å². The maximum absolute atomic E-state index is 12.9. The first kappa shape index (κ1) is 21.7. The van der Waals surface area contributed by atoms with E-state index in [1.807, 2.05) is 7.05 Å². The summed E-state index contributed by atoms with van der Waals surface area (Å²) in [5, 5.41) is 5.82. The Morgan fingerprint density at radius 2 is 1.83 bits per heavy atom. The summed E-state index contributed by atoms with van der Waals surface area (Å²) in [6.07, 6.45) is 4.25. The van der Waals surface area contributed by atoms with E-state index in [1.165, 1.54) is 30.5 Å². The smallest absolute Gasteiger partial charge is 0.252 e. The molecule has 160 valence electrons. The Morgan fingerprint density at radius 3 is 2.53 bits per heavy atom. The lowest BCUT2D eigenvalue weighted by Crippen LogP contribution is -2.42. The lowest BCUT2D eigenvalue weighted by molar-refractivity contribution is -0.122. The van der Waals surface area contributed by atoms with Gasteiger partial charge in [-0.05, 0) is 50.1 Å². The quantitative estimate of drug-likeness (QED) is 0.610. The van der Waals surface area contributed by atoms with Crippen LogP contribution in [0.5, 0.6) is 0 Å². The highest BCUT2D eigenvalue weighted by Gasteiger charge is 2.31. The molecule has 2 amide bonds. The minimum Gasteiger partial charge on any atom is -0.356 e. The summed E-state index contributed by atoms with van der Waals surface area (Å²) < 4.78 is 12.9. The fraction of sp³-hybridized carbons (Fsp3) is 0.409. The van der Waals surface area contributed by atoms with Crippen molar-refractivity contribution in [2.45, 2.75) is 37.8 Å². The standard InChI is InChI=1S/C22H27FN4O3/c1-27-18(12-21(29)24-11-10-15-2-5-17(23)6-3-15)7-8-19(27)14-26-22(30)16-4-9-20(28)25-13-16/h2-6,9,13,18-19H,7-8,10-12,14H2,1H3,(H,24,29)(H,25,28)(H,26,30)/t18-,19+/m1/s1. The number of hydrogen-bond donors (Lipinski definition) is 3. The van der Waals surface area contributed by atoms with Gasteiger partial charge in [0.25, 0.3) is 5.91 Å². The monoisotopic (exact) mass is 414 g/mol. The molecule has 2 aromatic rings. The number of aromatic nitrogens is 1. The second kappa shape index (κ2) is 10.2. The summed E-state index contributed by atoms with van der Waals surface area (Å²) >= 11 is 0. The molecule has 0 bridgehead atoms. The fourth-order valence-corrected chi connectivity index (χ4v) is 3.73. The van der Waals surface area contributed by atoms with E-state index in [1.54, 1.807) is 12.1 Å². The van der Waals surface area contributed by atoms with Crippen molar-refractivity contribution in [2.75, 3.05) is 20.1 Å². The molecule has 0 spiro atoms. The van der Waals surface area contributed by atoms with Gasteiger partial charge >= 0.3 is 0 Å². The molecule has 3 rings (SSSR count). The number of nitrogens with zero attached hydrogens (tertiary/aromatic N) is 1. The second-order valence-electron chi connectivity index (χ2n) is 7.63. The van der Waals surface area contributed by atoms with Gasteiger partial charge in [-0.2, -0.15) is 0 Å². The van der Waals surface area contributed by atoms with Gasteiger partial charge in [0.15, 0.2) is 0 Å². The Hall–Kier alpha value is -3.00. The van der Waals surface area contributed by atoms with Crippen molar-refractivity contribution in [2.24, 2.45) is 0 Å². The Morgan fingerprint density at radius 1 is 1.10 bits per heavy atom. The number of H-pyrrole nitrogens is 1. The van der Waals surface area contributed by atoms with Gasteiger partial charge < -0.3 is 15.6 Å². The van der Waals surface area contributed by atoms with Gasteiger partial charge in [-0.15, -0.1) is 0 Å². The Bertz CT molecular complexity index is 908. The van der Waals surface area contributed by atoms with Crippen LogP contribution in [-0.2, 0) is 11.2 Å². The third-order valence-electron chi connectivity index (χ3n) is 5.60. The van der Waals surface area contributed by atoms with Crippen LogP contribution in [0.2, 0.25) is 0 Å². The number of likely N-dealkylation sites (N-methyl/N-ethyl adjacent to an activating group) is 1. The Labute approximate surface area is 174 Å². The zero-order valence-corrected chi connectivity index (χ0v) is 17.0. The Kier molecular flexibility index (Phi) is 7.35. The molecule has 0 unspecified atom stereocenters. The van der Waals surface area contributed by atoms with Crippen LogP contribution < -0.4 is 16.2 Å². The topological polar surface area (TPSA) is 94.3 Å². The minimum absolute atomic E-state index is 0.00751. The summed E-state index contributed by atoms with van der Waals surface area (Å²) in [6, 6.07) is 9.38. The maximum Gasteiger partial charge on any atom is 0.252 e. The molecule has 8 heteroatoms. The van der Waals surface area contributed by atoms with E-state index in [-0.39, 0.29) is 35.3 Å². The van der Waals surface area contributed by atoms with Crippen molar-refractivity contribution in [3.8, 4) is 0 Å². The molecule has 7 nitrogen and oxygen atoms in total. The fourth-order valence-electron chi connectivity index (χ4n) is 3.73. The van der Waals surface area contributed by atoms with E-state index >= 15 is 0 Å². The van der Waals surface area contributed by atoms with Crippen LogP contribution in [-0.4, -0.2) is 53.9 Å². The number of halogens is 1. The van der Waals surface area contributed by atoms with Gasteiger partial charge in [0.1, 0.15) is 5.82 Å². The van der Waals surface area contributed by atoms with Gasteiger partial charge in [-0.3, -0.25) is 19.3 Å². The predicted molar refractivity (Wildman–Crippen MR) is 112 cm³/mol. The van der Waals surface area contributed by atoms with Crippen LogP contribution >= 0.6 is 0 Å². The number of pyridine rings is 1. The molecule has 2 heterocycles. The summed E-state index contributed by atoms with van der Waals surface area (Å²) in [6.45, 7) is 0.997. The highest BCUT2D eigenvalue weighted by molar-refractivity contribution is 5.93. The van der Waals surface area contributed by atoms with Gasteiger partial charge in [0.2, 0.25) is 11.5 Å². The van der Waals surface area contributed by atoms with Crippen molar-refractivity contribution in [3.05, 3.63) is 69.9 Å². The average Bonchev–Trinajstić information content (AvgIpc) is 3.07. The number of carbonyl (C=O) groups excluding carboxylic acids is 2. The molecule has 1 aliphatic rings. The first-order chi connectivity index (χ1) is 14.4. The molecular formula is C22H27FN4O3. The summed E-state index contributed by atoms with van der Waals surface area (Å²) in [5.74, 6) is -0.509. The lowest BCUT2D eigenvalue weighted by atomic mass is 10.1. The van der Waals surface area contributed by atoms with Crippen molar-refractivity contribution < 1.29 is 14.0 Å². The van der Waals surface area contributed by atoms with E-state index in [4.69, 9.17) is 0 Å². The Balaban J connectivity index is 1.38. The van der Waals surface area contributed by atoms with Crippen LogP contribution in [0.15, 0.2) is 47.4 Å². The van der Waals surface area contributed by atoms with Crippen LogP contribution in [0.3, 0.4) is 0 Å². The van der Waals surface area contributed by atoms with Crippen molar-refractivity contribution in [3.63, 3.8) is 0 Å². The van der Waals surface area contributed by atoms with Crippen LogP contribution in [0, 0.1) is 5.82 Å². The van der Waals surface area contributed by atoms with Crippen LogP contribution in [0.4, 0.5) is 4.39 Å². The number of carbonyl (C=O) groups is 2. The van der Waals surface area contributed by atoms with E-state index < -0.39 is 0 Å². The zero-order valence-electron chi connectivity index (χ0n) is 17.0. The van der Waals surface area contributed by atoms with Crippen LogP contribution in [0.1, 0.15) is 35.2 Å². The first-order valence-electron chi connectivity index (χ1n) is 10.1. The molecule has 2 atom stereocenters. The third-order valence-corrected chi connectivity index (χ3v) is 5.60. The summed E-state index contributed by atoms with van der Waals surface area (Å²) in [5.41, 5.74) is 1.14. The molecular weight excluding hydrogens is 387 g/mol. The third kappa shape index (κ3) is 6.00. The molecule has 1 fully saturated rings. The van der Waals surface area contributed by atoms with Gasteiger partial charge in [0.05, 0.1) is 5.56 Å². The lowest BCUT2D eigenvalue weighted by Gasteiger charge is -2.25. The molecule has 1 aromatic heterocycles. The highest BCUT2D eigenvalue weighted by Crippen LogP contribution is 2.24. The molecule has 3 N–H and O–H groups in total. The van der Waals surface area contributed by atoms with Gasteiger partial charge in [-0.1, -0.05) is 12.1 Å². The molecule has 0 saturated carbocycles. The number of nitrogens with one attached hydrogen (secondary N) is 3. The normalized spacial score (nSPS) is 18.9. The van der Waals surface area contributed by atoms with E-state index in [9.17, 15) is 18.8 Å². The summed E-state index contributed by atoms with van der Waals surface area (Å²) in [4.78, 5) is 40.2. The predicted octanol–water partition coefficient (Wildman–Crippen LogP) is 1.46. The molecule has 1 aliphatic heterocycles. The van der Waals surface area contributed by atoms with Crippen LogP contribution in [0.25, 0.3) is 0 Å². The molecule has 30 heavy (non-hydrogen) atoms. The van der Waals surface area contributed by atoms with Crippen molar-refractivity contribution in [1.82, 2.24) is 20.5 Å². The molecule has 1 aromatic carbocycles. The SMILES string of the molecule is CN1[C@@H](CC(=O)NCCc2ccc(F)cc2)CC[C@H]1CNC(=O)c1ccc(=O)[nH]c1. The number of aromatic amines is 1. The van der Waals surface area contributed by atoms with Gasteiger partial charge in [-0.25, -0.2) is 4.39 Å². The molecule has 0 aliphatic carbocycles. The summed E-state index contributed by atoms with van der Waals surface area (Å²) in [7, 11) is 1.97. The average molecular weight is 414 g/mol. The highest BCUT2D eigenvalue weighted by atomic mass is 19.1. The number of benzene rings is 1. The maximum atomic E-state index is 12.9. The van der Waals surface area contributed by atoms with Crippen molar-refractivity contribution >= 4 is 11.8 Å². The molecule has 0 radical (unpaired) electrons. The minimum atomic E-state index is -0.267. The van der Waals surface area contributed by atoms with E-state index in [2.05, 4.69) is 20.5 Å². The van der Waals surface area contributed by atoms with E-state index in [0.717, 1.165) is 18.4 Å². The van der Waals surface area contributed by atoms with Crippen molar-refractivity contribution in [1.29, 1.82) is 0 Å². The number of hydrogen-bond acceptors (Lipinski definition) is 4. The zero-order chi connectivity index (χ0) is 21.5. The largest absolute Gasteiger partial charge is 0.356 e. The number of rotatable bonds is 8. The number of likely N-dealkylation sites (tertiary alicyclic amines) is 1. The first-order valence-corrected chi connectivity index (χ1v) is 10.1. The number of amides is 2. The second-order valence-corrected chi connectivity index (χ2v) is 7.63. The molecule has 1 saturated heterocycles. The van der Waals surface area contributed by atoms with E-state index in [0.29, 0.717) is 31.5 Å².